The molecule has 2 aromatic rings. The summed E-state index contributed by atoms with van der Waals surface area (Å²) < 4.78 is 10.9. The molecule has 1 aliphatic heterocycles. The summed E-state index contributed by atoms with van der Waals surface area (Å²) in [5, 5.41) is 2.95. The minimum absolute atomic E-state index is 0.0296. The van der Waals surface area contributed by atoms with Crippen LogP contribution < -0.4 is 19.7 Å². The van der Waals surface area contributed by atoms with Gasteiger partial charge in [0.05, 0.1) is 13.7 Å². The number of methoxy groups -OCH3 is 1. The smallest absolute Gasteiger partial charge is 0.317 e. The maximum absolute atomic E-state index is 12.4. The number of rotatable bonds is 6. The predicted molar refractivity (Wildman–Crippen MR) is 112 cm³/mol. The Bertz CT molecular complexity index is 784. The van der Waals surface area contributed by atoms with Gasteiger partial charge in [0.1, 0.15) is 18.1 Å². The highest BCUT2D eigenvalue weighted by Gasteiger charge is 2.21. The zero-order valence-electron chi connectivity index (χ0n) is 16.9. The Morgan fingerprint density at radius 1 is 0.964 bits per heavy atom. The lowest BCUT2D eigenvalue weighted by molar-refractivity contribution is 0.191. The van der Waals surface area contributed by atoms with Gasteiger partial charge in [-0.2, -0.15) is 0 Å². The average Bonchev–Trinajstić information content (AvgIpc) is 2.73. The fourth-order valence-electron chi connectivity index (χ4n) is 3.20. The van der Waals surface area contributed by atoms with E-state index in [1.54, 1.807) is 7.11 Å². The number of hydrogen-bond donors (Lipinski definition) is 1. The van der Waals surface area contributed by atoms with Crippen LogP contribution in [0.2, 0.25) is 0 Å². The third kappa shape index (κ3) is 5.09. The number of amides is 2. The van der Waals surface area contributed by atoms with Crippen molar-refractivity contribution in [1.82, 2.24) is 10.2 Å². The normalized spacial score (nSPS) is 14.0. The van der Waals surface area contributed by atoms with Gasteiger partial charge in [-0.25, -0.2) is 4.79 Å². The van der Waals surface area contributed by atoms with Crippen molar-refractivity contribution < 1.29 is 14.3 Å². The van der Waals surface area contributed by atoms with Crippen molar-refractivity contribution in [2.45, 2.75) is 13.8 Å². The first-order chi connectivity index (χ1) is 13.6. The summed E-state index contributed by atoms with van der Waals surface area (Å²) in [4.78, 5) is 16.5. The molecule has 0 spiro atoms. The number of carbonyl (C=O) groups is 1. The Morgan fingerprint density at radius 2 is 1.64 bits per heavy atom. The number of benzene rings is 2. The van der Waals surface area contributed by atoms with Crippen LogP contribution in [0.5, 0.6) is 11.5 Å². The lowest BCUT2D eigenvalue weighted by Gasteiger charge is -2.36. The maximum Gasteiger partial charge on any atom is 0.317 e. The van der Waals surface area contributed by atoms with E-state index < -0.39 is 0 Å². The molecule has 2 aromatic carbocycles. The third-order valence-corrected chi connectivity index (χ3v) is 5.13. The van der Waals surface area contributed by atoms with E-state index >= 15 is 0 Å². The number of nitrogens with zero attached hydrogens (tertiary/aromatic N) is 2. The standard InChI is InChI=1S/C22H29N3O3/c1-17-4-7-21(16-18(17)2)28-15-10-23-22(26)25-13-11-24(12-14-25)19-5-8-20(27-3)9-6-19/h4-9,16H,10-15H2,1-3H3,(H,23,26). The topological polar surface area (TPSA) is 54.0 Å². The molecule has 0 atom stereocenters. The molecule has 6 heteroatoms. The first-order valence-corrected chi connectivity index (χ1v) is 9.68. The molecule has 0 unspecified atom stereocenters. The van der Waals surface area contributed by atoms with E-state index in [2.05, 4.69) is 36.2 Å². The number of carbonyl (C=O) groups excluding carboxylic acids is 1. The molecular weight excluding hydrogens is 354 g/mol. The van der Waals surface area contributed by atoms with Gasteiger partial charge in [-0.1, -0.05) is 6.07 Å². The fraction of sp³-hybridized carbons (Fsp3) is 0.409. The summed E-state index contributed by atoms with van der Waals surface area (Å²) in [5.74, 6) is 1.69. The summed E-state index contributed by atoms with van der Waals surface area (Å²) >= 11 is 0. The molecule has 1 saturated heterocycles. The van der Waals surface area contributed by atoms with Crippen LogP contribution in [-0.2, 0) is 0 Å². The van der Waals surface area contributed by atoms with E-state index in [0.717, 1.165) is 30.3 Å². The molecule has 6 nitrogen and oxygen atoms in total. The number of piperazine rings is 1. The summed E-state index contributed by atoms with van der Waals surface area (Å²) in [5.41, 5.74) is 3.60. The van der Waals surface area contributed by atoms with Gasteiger partial charge in [-0.15, -0.1) is 0 Å². The summed E-state index contributed by atoms with van der Waals surface area (Å²) in [6.07, 6.45) is 0. The van der Waals surface area contributed by atoms with Crippen LogP contribution in [0.4, 0.5) is 10.5 Å². The van der Waals surface area contributed by atoms with Crippen LogP contribution >= 0.6 is 0 Å². The molecule has 0 bridgehead atoms. The molecular formula is C22H29N3O3. The molecule has 1 aliphatic rings. The van der Waals surface area contributed by atoms with Crippen LogP contribution in [-0.4, -0.2) is 57.4 Å². The predicted octanol–water partition coefficient (Wildman–Crippen LogP) is 3.22. The van der Waals surface area contributed by atoms with Crippen molar-refractivity contribution in [3.05, 3.63) is 53.6 Å². The van der Waals surface area contributed by atoms with Gasteiger partial charge in [-0.3, -0.25) is 0 Å². The van der Waals surface area contributed by atoms with Gasteiger partial charge < -0.3 is 24.6 Å². The van der Waals surface area contributed by atoms with Crippen LogP contribution in [0.25, 0.3) is 0 Å². The van der Waals surface area contributed by atoms with E-state index in [1.807, 2.05) is 35.2 Å². The molecule has 3 rings (SSSR count). The van der Waals surface area contributed by atoms with Crippen molar-refractivity contribution in [3.63, 3.8) is 0 Å². The number of urea groups is 1. The Labute approximate surface area is 167 Å². The second-order valence-corrected chi connectivity index (χ2v) is 7.00. The van der Waals surface area contributed by atoms with E-state index in [-0.39, 0.29) is 6.03 Å². The van der Waals surface area contributed by atoms with Crippen molar-refractivity contribution in [1.29, 1.82) is 0 Å². The van der Waals surface area contributed by atoms with Crippen molar-refractivity contribution in [2.24, 2.45) is 0 Å². The number of aryl methyl sites for hydroxylation is 2. The molecule has 1 N–H and O–H groups in total. The Hall–Kier alpha value is -2.89. The Kier molecular flexibility index (Phi) is 6.63. The lowest BCUT2D eigenvalue weighted by Crippen LogP contribution is -2.52. The van der Waals surface area contributed by atoms with Crippen LogP contribution in [0, 0.1) is 13.8 Å². The van der Waals surface area contributed by atoms with E-state index in [4.69, 9.17) is 9.47 Å². The quantitative estimate of drug-likeness (QED) is 0.778. The van der Waals surface area contributed by atoms with Gasteiger partial charge in [0.2, 0.25) is 0 Å². The minimum atomic E-state index is -0.0296. The molecule has 0 aliphatic carbocycles. The molecule has 150 valence electrons. The zero-order valence-corrected chi connectivity index (χ0v) is 16.9. The van der Waals surface area contributed by atoms with E-state index in [9.17, 15) is 4.79 Å². The second kappa shape index (κ2) is 9.35. The molecule has 2 amide bonds. The summed E-state index contributed by atoms with van der Waals surface area (Å²) in [6.45, 7) is 8.14. The van der Waals surface area contributed by atoms with Gasteiger partial charge in [0, 0.05) is 31.9 Å². The number of hydrogen-bond acceptors (Lipinski definition) is 4. The van der Waals surface area contributed by atoms with Crippen molar-refractivity contribution >= 4 is 11.7 Å². The molecule has 0 aromatic heterocycles. The maximum atomic E-state index is 12.4. The lowest BCUT2D eigenvalue weighted by atomic mass is 10.1. The molecule has 1 fully saturated rings. The van der Waals surface area contributed by atoms with Crippen LogP contribution in [0.1, 0.15) is 11.1 Å². The Balaban J connectivity index is 1.38. The third-order valence-electron chi connectivity index (χ3n) is 5.13. The minimum Gasteiger partial charge on any atom is -0.497 e. The first kappa shape index (κ1) is 19.9. The molecule has 28 heavy (non-hydrogen) atoms. The number of nitrogens with one attached hydrogen (secondary N) is 1. The second-order valence-electron chi connectivity index (χ2n) is 7.00. The van der Waals surface area contributed by atoms with Gasteiger partial charge in [0.15, 0.2) is 0 Å². The number of ether oxygens (including phenoxy) is 2. The van der Waals surface area contributed by atoms with Crippen LogP contribution in [0.15, 0.2) is 42.5 Å². The highest BCUT2D eigenvalue weighted by atomic mass is 16.5. The Morgan fingerprint density at radius 3 is 2.29 bits per heavy atom. The molecule has 0 saturated carbocycles. The summed E-state index contributed by atoms with van der Waals surface area (Å²) in [6, 6.07) is 14.0. The van der Waals surface area contributed by atoms with Gasteiger partial charge >= 0.3 is 6.03 Å². The number of anilines is 1. The highest BCUT2D eigenvalue weighted by molar-refractivity contribution is 5.74. The molecule has 1 heterocycles. The van der Waals surface area contributed by atoms with E-state index in [0.29, 0.717) is 26.2 Å². The highest BCUT2D eigenvalue weighted by Crippen LogP contribution is 2.20. The van der Waals surface area contributed by atoms with Crippen molar-refractivity contribution in [2.75, 3.05) is 51.3 Å². The first-order valence-electron chi connectivity index (χ1n) is 9.68. The average molecular weight is 383 g/mol. The van der Waals surface area contributed by atoms with E-state index in [1.165, 1.54) is 11.1 Å². The monoisotopic (exact) mass is 383 g/mol. The SMILES string of the molecule is COc1ccc(N2CCN(C(=O)NCCOc3ccc(C)c(C)c3)CC2)cc1. The summed E-state index contributed by atoms with van der Waals surface area (Å²) in [7, 11) is 1.67. The van der Waals surface area contributed by atoms with Crippen molar-refractivity contribution in [3.8, 4) is 11.5 Å². The molecule has 0 radical (unpaired) electrons. The fourth-order valence-corrected chi connectivity index (χ4v) is 3.20. The largest absolute Gasteiger partial charge is 0.497 e. The van der Waals surface area contributed by atoms with Crippen LogP contribution in [0.3, 0.4) is 0 Å². The zero-order chi connectivity index (χ0) is 19.9. The van der Waals surface area contributed by atoms with Gasteiger partial charge in [-0.05, 0) is 61.4 Å². The van der Waals surface area contributed by atoms with Gasteiger partial charge in [0.25, 0.3) is 0 Å².